The molecule has 0 bridgehead atoms. The zero-order valence-electron chi connectivity index (χ0n) is 15.1. The van der Waals surface area contributed by atoms with Crippen LogP contribution >= 0.6 is 0 Å². The van der Waals surface area contributed by atoms with Gasteiger partial charge in [-0.3, -0.25) is 14.5 Å². The molecule has 132 valence electrons. The molecule has 0 aromatic carbocycles. The van der Waals surface area contributed by atoms with E-state index in [0.717, 1.165) is 12.2 Å². The number of carbonyl (C=O) groups excluding carboxylic acids is 2. The third kappa shape index (κ3) is 4.50. The van der Waals surface area contributed by atoms with Crippen molar-refractivity contribution in [2.75, 3.05) is 26.7 Å². The number of amides is 2. The lowest BCUT2D eigenvalue weighted by atomic mass is 9.91. The second-order valence-corrected chi connectivity index (χ2v) is 6.80. The fourth-order valence-electron chi connectivity index (χ4n) is 3.23. The predicted octanol–water partition coefficient (Wildman–Crippen LogP) is 0.526. The number of likely N-dealkylation sites (tertiary alicyclic amines) is 1. The van der Waals surface area contributed by atoms with Crippen LogP contribution in [-0.2, 0) is 4.79 Å². The van der Waals surface area contributed by atoms with Crippen molar-refractivity contribution in [3.8, 4) is 0 Å². The molecule has 24 heavy (non-hydrogen) atoms. The summed E-state index contributed by atoms with van der Waals surface area (Å²) in [5.74, 6) is 1.13. The minimum Gasteiger partial charge on any atom is -0.358 e. The molecule has 2 atom stereocenters. The minimum atomic E-state index is -0.180. The van der Waals surface area contributed by atoms with Crippen molar-refractivity contribution in [3.05, 3.63) is 23.3 Å². The van der Waals surface area contributed by atoms with Crippen molar-refractivity contribution >= 4 is 11.8 Å². The maximum atomic E-state index is 12.6. The van der Waals surface area contributed by atoms with Gasteiger partial charge in [-0.2, -0.15) is 0 Å². The molecule has 2 heterocycles. The molecule has 1 aromatic heterocycles. The molecule has 1 aliphatic heterocycles. The van der Waals surface area contributed by atoms with Crippen LogP contribution in [0.5, 0.6) is 0 Å². The molecule has 1 saturated heterocycles. The summed E-state index contributed by atoms with van der Waals surface area (Å²) in [5, 5.41) is 5.74. The van der Waals surface area contributed by atoms with E-state index in [2.05, 4.69) is 39.3 Å². The standard InChI is InChI=1S/C17H27N5O2/c1-10(2)13-7-22(9-16(23)18-5)8-15(13)21-17(24)14-6-11(3)19-12(4)20-14/h6,10,13,15H,7-9H2,1-5H3,(H,18,23)(H,21,24)/t13-,15+/m0/s1. The normalized spacial score (nSPS) is 21.1. The zero-order valence-corrected chi connectivity index (χ0v) is 15.1. The van der Waals surface area contributed by atoms with Crippen molar-refractivity contribution < 1.29 is 9.59 Å². The van der Waals surface area contributed by atoms with Gasteiger partial charge in [0, 0.05) is 31.9 Å². The Morgan fingerprint density at radius 2 is 2.00 bits per heavy atom. The van der Waals surface area contributed by atoms with Crippen molar-refractivity contribution in [2.24, 2.45) is 11.8 Å². The number of nitrogens with zero attached hydrogens (tertiary/aromatic N) is 3. The molecule has 0 saturated carbocycles. The van der Waals surface area contributed by atoms with Gasteiger partial charge in [-0.05, 0) is 31.7 Å². The lowest BCUT2D eigenvalue weighted by Crippen LogP contribution is -2.42. The summed E-state index contributed by atoms with van der Waals surface area (Å²) in [7, 11) is 1.64. The second-order valence-electron chi connectivity index (χ2n) is 6.80. The SMILES string of the molecule is CNC(=O)CN1C[C@@H](NC(=O)c2cc(C)nc(C)n2)[C@H](C(C)C)C1. The largest absolute Gasteiger partial charge is 0.358 e. The van der Waals surface area contributed by atoms with Crippen LogP contribution in [0.3, 0.4) is 0 Å². The van der Waals surface area contributed by atoms with Gasteiger partial charge in [-0.25, -0.2) is 9.97 Å². The first kappa shape index (κ1) is 18.3. The second kappa shape index (κ2) is 7.70. The number of aromatic nitrogens is 2. The van der Waals surface area contributed by atoms with Gasteiger partial charge in [0.05, 0.1) is 6.54 Å². The number of carbonyl (C=O) groups is 2. The molecule has 1 aromatic rings. The van der Waals surface area contributed by atoms with Gasteiger partial charge in [-0.1, -0.05) is 13.8 Å². The molecule has 7 nitrogen and oxygen atoms in total. The van der Waals surface area contributed by atoms with Gasteiger partial charge in [0.25, 0.3) is 5.91 Å². The Morgan fingerprint density at radius 1 is 1.29 bits per heavy atom. The molecular weight excluding hydrogens is 306 g/mol. The number of aryl methyl sites for hydroxylation is 2. The maximum absolute atomic E-state index is 12.6. The molecule has 1 fully saturated rings. The molecule has 1 aliphatic rings. The van der Waals surface area contributed by atoms with E-state index in [-0.39, 0.29) is 17.9 Å². The smallest absolute Gasteiger partial charge is 0.270 e. The molecule has 2 N–H and O–H groups in total. The van der Waals surface area contributed by atoms with E-state index in [9.17, 15) is 9.59 Å². The fraction of sp³-hybridized carbons (Fsp3) is 0.647. The summed E-state index contributed by atoms with van der Waals surface area (Å²) in [6, 6.07) is 1.71. The van der Waals surface area contributed by atoms with Crippen LogP contribution < -0.4 is 10.6 Å². The highest BCUT2D eigenvalue weighted by atomic mass is 16.2. The van der Waals surface area contributed by atoms with Gasteiger partial charge in [0.15, 0.2) is 0 Å². The summed E-state index contributed by atoms with van der Waals surface area (Å²) in [6.07, 6.45) is 0. The molecule has 2 amide bonds. The predicted molar refractivity (Wildman–Crippen MR) is 91.6 cm³/mol. The number of hydrogen-bond donors (Lipinski definition) is 2. The van der Waals surface area contributed by atoms with Crippen LogP contribution in [0, 0.1) is 25.7 Å². The number of hydrogen-bond acceptors (Lipinski definition) is 5. The summed E-state index contributed by atoms with van der Waals surface area (Å²) in [5.41, 5.74) is 1.17. The average molecular weight is 333 g/mol. The van der Waals surface area contributed by atoms with Crippen molar-refractivity contribution in [1.29, 1.82) is 0 Å². The Balaban J connectivity index is 2.08. The van der Waals surface area contributed by atoms with Gasteiger partial charge in [0.2, 0.25) is 5.91 Å². The summed E-state index contributed by atoms with van der Waals surface area (Å²) in [6.45, 7) is 9.75. The minimum absolute atomic E-state index is 0.00784. The topological polar surface area (TPSA) is 87.2 Å². The average Bonchev–Trinajstić information content (AvgIpc) is 2.88. The Hall–Kier alpha value is -2.02. The van der Waals surface area contributed by atoms with E-state index in [0.29, 0.717) is 36.4 Å². The highest BCUT2D eigenvalue weighted by Crippen LogP contribution is 2.24. The molecule has 0 radical (unpaired) electrons. The van der Waals surface area contributed by atoms with Crippen LogP contribution in [0.4, 0.5) is 0 Å². The first-order chi connectivity index (χ1) is 11.3. The quantitative estimate of drug-likeness (QED) is 0.820. The van der Waals surface area contributed by atoms with E-state index in [1.807, 2.05) is 6.92 Å². The number of rotatable bonds is 5. The van der Waals surface area contributed by atoms with Gasteiger partial charge in [-0.15, -0.1) is 0 Å². The third-order valence-corrected chi connectivity index (χ3v) is 4.46. The summed E-state index contributed by atoms with van der Waals surface area (Å²) in [4.78, 5) is 34.7. The van der Waals surface area contributed by atoms with Crippen LogP contribution in [-0.4, -0.2) is 59.4 Å². The molecule has 7 heteroatoms. The van der Waals surface area contributed by atoms with Gasteiger partial charge >= 0.3 is 0 Å². The van der Waals surface area contributed by atoms with Crippen LogP contribution in [0.2, 0.25) is 0 Å². The lowest BCUT2D eigenvalue weighted by Gasteiger charge is -2.22. The number of nitrogens with one attached hydrogen (secondary N) is 2. The first-order valence-electron chi connectivity index (χ1n) is 8.36. The van der Waals surface area contributed by atoms with Gasteiger partial charge < -0.3 is 10.6 Å². The highest BCUT2D eigenvalue weighted by molar-refractivity contribution is 5.92. The van der Waals surface area contributed by atoms with E-state index in [1.165, 1.54) is 0 Å². The molecular formula is C17H27N5O2. The Bertz CT molecular complexity index is 597. The highest BCUT2D eigenvalue weighted by Gasteiger charge is 2.36. The molecule has 0 spiro atoms. The Labute approximate surface area is 143 Å². The zero-order chi connectivity index (χ0) is 17.9. The summed E-state index contributed by atoms with van der Waals surface area (Å²) >= 11 is 0. The monoisotopic (exact) mass is 333 g/mol. The third-order valence-electron chi connectivity index (χ3n) is 4.46. The van der Waals surface area contributed by atoms with Crippen LogP contribution in [0.1, 0.15) is 35.9 Å². The van der Waals surface area contributed by atoms with Gasteiger partial charge in [0.1, 0.15) is 11.5 Å². The van der Waals surface area contributed by atoms with Crippen LogP contribution in [0.15, 0.2) is 6.07 Å². The van der Waals surface area contributed by atoms with Crippen molar-refractivity contribution in [2.45, 2.75) is 33.7 Å². The molecule has 2 rings (SSSR count). The molecule has 0 aliphatic carbocycles. The van der Waals surface area contributed by atoms with E-state index in [1.54, 1.807) is 20.0 Å². The molecule has 0 unspecified atom stereocenters. The Kier molecular flexibility index (Phi) is 5.88. The first-order valence-corrected chi connectivity index (χ1v) is 8.36. The van der Waals surface area contributed by atoms with E-state index < -0.39 is 0 Å². The lowest BCUT2D eigenvalue weighted by molar-refractivity contribution is -0.121. The maximum Gasteiger partial charge on any atom is 0.270 e. The van der Waals surface area contributed by atoms with E-state index in [4.69, 9.17) is 0 Å². The van der Waals surface area contributed by atoms with Crippen LogP contribution in [0.25, 0.3) is 0 Å². The van der Waals surface area contributed by atoms with E-state index >= 15 is 0 Å². The van der Waals surface area contributed by atoms with Crippen molar-refractivity contribution in [3.63, 3.8) is 0 Å². The van der Waals surface area contributed by atoms with Crippen molar-refractivity contribution in [1.82, 2.24) is 25.5 Å². The fourth-order valence-corrected chi connectivity index (χ4v) is 3.23. The summed E-state index contributed by atoms with van der Waals surface area (Å²) < 4.78 is 0. The Morgan fingerprint density at radius 3 is 2.58 bits per heavy atom. The number of likely N-dealkylation sites (N-methyl/N-ethyl adjacent to an activating group) is 1.